The van der Waals surface area contributed by atoms with E-state index >= 15 is 0 Å². The molecule has 148 valence electrons. The highest BCUT2D eigenvalue weighted by molar-refractivity contribution is 14.0. The number of rotatable bonds is 10. The number of benzene rings is 1. The van der Waals surface area contributed by atoms with Crippen LogP contribution in [0.15, 0.2) is 34.2 Å². The molecule has 0 heterocycles. The Morgan fingerprint density at radius 1 is 1.23 bits per heavy atom. The van der Waals surface area contributed by atoms with Crippen molar-refractivity contribution in [3.05, 3.63) is 29.3 Å². The number of ether oxygens (including phenoxy) is 1. The van der Waals surface area contributed by atoms with Crippen molar-refractivity contribution in [2.24, 2.45) is 4.99 Å². The molecule has 0 spiro atoms. The Kier molecular flexibility index (Phi) is 14.9. The van der Waals surface area contributed by atoms with Gasteiger partial charge < -0.3 is 20.3 Å². The number of likely N-dealkylation sites (N-methyl/N-ethyl adjacent to an activating group) is 1. The third-order valence-corrected chi connectivity index (χ3v) is 4.36. The minimum absolute atomic E-state index is 0. The molecule has 1 rings (SSSR count). The molecular formula is C17H28ClIN4O2S. The predicted octanol–water partition coefficient (Wildman–Crippen LogP) is 2.71. The highest BCUT2D eigenvalue weighted by Gasteiger charge is 2.04. The van der Waals surface area contributed by atoms with Crippen molar-refractivity contribution in [2.45, 2.75) is 11.8 Å². The van der Waals surface area contributed by atoms with Crippen LogP contribution < -0.4 is 10.6 Å². The second kappa shape index (κ2) is 15.4. The number of carbonyl (C=O) groups is 1. The monoisotopic (exact) mass is 514 g/mol. The first-order valence-electron chi connectivity index (χ1n) is 8.21. The molecule has 1 aromatic carbocycles. The molecule has 1 aromatic rings. The Morgan fingerprint density at radius 3 is 2.50 bits per heavy atom. The molecule has 0 aromatic heterocycles. The van der Waals surface area contributed by atoms with E-state index in [1.54, 1.807) is 25.9 Å². The number of hydrogen-bond acceptors (Lipinski definition) is 4. The fourth-order valence-electron chi connectivity index (χ4n) is 1.72. The molecular weight excluding hydrogens is 487 g/mol. The van der Waals surface area contributed by atoms with Gasteiger partial charge in [-0.05, 0) is 31.2 Å². The summed E-state index contributed by atoms with van der Waals surface area (Å²) in [4.78, 5) is 18.7. The third kappa shape index (κ3) is 11.8. The van der Waals surface area contributed by atoms with Crippen LogP contribution in [0.3, 0.4) is 0 Å². The number of halogens is 2. The van der Waals surface area contributed by atoms with Gasteiger partial charge in [0.15, 0.2) is 5.96 Å². The molecule has 0 saturated heterocycles. The summed E-state index contributed by atoms with van der Waals surface area (Å²) in [6.45, 7) is 4.71. The maximum Gasteiger partial charge on any atom is 0.243 e. The Hall–Kier alpha value is -0.710. The van der Waals surface area contributed by atoms with Gasteiger partial charge in [-0.2, -0.15) is 0 Å². The van der Waals surface area contributed by atoms with Gasteiger partial charge in [0.25, 0.3) is 0 Å². The van der Waals surface area contributed by atoms with Crippen LogP contribution in [0, 0.1) is 0 Å². The first-order chi connectivity index (χ1) is 12.0. The van der Waals surface area contributed by atoms with Crippen molar-refractivity contribution in [1.29, 1.82) is 0 Å². The van der Waals surface area contributed by atoms with Crippen LogP contribution in [-0.2, 0) is 9.53 Å². The van der Waals surface area contributed by atoms with E-state index in [9.17, 15) is 4.79 Å². The van der Waals surface area contributed by atoms with Crippen LogP contribution in [0.1, 0.15) is 6.92 Å². The highest BCUT2D eigenvalue weighted by atomic mass is 127. The number of nitrogens with zero attached hydrogens (tertiary/aromatic N) is 2. The molecule has 0 aliphatic heterocycles. The minimum atomic E-state index is -0.0403. The van der Waals surface area contributed by atoms with Crippen LogP contribution in [0.5, 0.6) is 0 Å². The molecule has 0 saturated carbocycles. The number of carbonyl (C=O) groups excluding carboxylic acids is 1. The molecule has 0 atom stereocenters. The molecule has 2 N–H and O–H groups in total. The lowest BCUT2D eigenvalue weighted by Crippen LogP contribution is -2.41. The number of guanidine groups is 1. The van der Waals surface area contributed by atoms with Gasteiger partial charge in [0, 0.05) is 49.5 Å². The van der Waals surface area contributed by atoms with Crippen molar-refractivity contribution in [1.82, 2.24) is 15.5 Å². The van der Waals surface area contributed by atoms with E-state index in [0.29, 0.717) is 25.7 Å². The predicted molar refractivity (Wildman–Crippen MR) is 121 cm³/mol. The second-order valence-corrected chi connectivity index (χ2v) is 6.91. The van der Waals surface area contributed by atoms with Crippen LogP contribution in [0.4, 0.5) is 0 Å². The van der Waals surface area contributed by atoms with Gasteiger partial charge in [-0.3, -0.25) is 4.79 Å². The average Bonchev–Trinajstić information content (AvgIpc) is 2.60. The maximum absolute atomic E-state index is 11.7. The SMILES string of the molecule is CCOCCNC(=NCC(=O)N(C)C)NCCSc1ccc(Cl)cc1.I. The van der Waals surface area contributed by atoms with E-state index in [1.807, 2.05) is 31.2 Å². The van der Waals surface area contributed by atoms with Gasteiger partial charge in [0.05, 0.1) is 6.61 Å². The normalized spacial score (nSPS) is 10.8. The van der Waals surface area contributed by atoms with Crippen LogP contribution in [0.25, 0.3) is 0 Å². The van der Waals surface area contributed by atoms with E-state index in [2.05, 4.69) is 15.6 Å². The quantitative estimate of drug-likeness (QED) is 0.165. The zero-order valence-electron chi connectivity index (χ0n) is 15.5. The average molecular weight is 515 g/mol. The summed E-state index contributed by atoms with van der Waals surface area (Å²) in [7, 11) is 3.44. The molecule has 0 fully saturated rings. The number of aliphatic imine (C=N–C) groups is 1. The van der Waals surface area contributed by atoms with Crippen LogP contribution in [-0.4, -0.2) is 69.5 Å². The Morgan fingerprint density at radius 2 is 1.88 bits per heavy atom. The molecule has 0 aliphatic rings. The standard InChI is InChI=1S/C17H27ClN4O2S.HI/c1-4-24-11-9-19-17(21-13-16(23)22(2)3)20-10-12-25-15-7-5-14(18)6-8-15;/h5-8H,4,9-13H2,1-3H3,(H2,19,20,21);1H. The summed E-state index contributed by atoms with van der Waals surface area (Å²) in [5.74, 6) is 1.45. The smallest absolute Gasteiger partial charge is 0.243 e. The van der Waals surface area contributed by atoms with Crippen molar-refractivity contribution < 1.29 is 9.53 Å². The summed E-state index contributed by atoms with van der Waals surface area (Å²) in [6, 6.07) is 7.76. The minimum Gasteiger partial charge on any atom is -0.380 e. The van der Waals surface area contributed by atoms with E-state index in [4.69, 9.17) is 16.3 Å². The number of hydrogen-bond donors (Lipinski definition) is 2. The lowest BCUT2D eigenvalue weighted by molar-refractivity contribution is -0.127. The number of amides is 1. The van der Waals surface area contributed by atoms with Gasteiger partial charge in [-0.15, -0.1) is 35.7 Å². The van der Waals surface area contributed by atoms with E-state index in [-0.39, 0.29) is 36.4 Å². The fraction of sp³-hybridized carbons (Fsp3) is 0.529. The molecule has 0 aliphatic carbocycles. The van der Waals surface area contributed by atoms with Crippen molar-refractivity contribution in [2.75, 3.05) is 52.7 Å². The van der Waals surface area contributed by atoms with Crippen LogP contribution in [0.2, 0.25) is 5.02 Å². The van der Waals surface area contributed by atoms with E-state index in [0.717, 1.165) is 22.2 Å². The Balaban J connectivity index is 0.00000625. The lowest BCUT2D eigenvalue weighted by atomic mass is 10.4. The summed E-state index contributed by atoms with van der Waals surface area (Å²) < 4.78 is 5.31. The first kappa shape index (κ1) is 25.3. The van der Waals surface area contributed by atoms with Gasteiger partial charge in [0.1, 0.15) is 6.54 Å². The number of nitrogens with one attached hydrogen (secondary N) is 2. The summed E-state index contributed by atoms with van der Waals surface area (Å²) in [6.07, 6.45) is 0. The largest absolute Gasteiger partial charge is 0.380 e. The van der Waals surface area contributed by atoms with Gasteiger partial charge >= 0.3 is 0 Å². The van der Waals surface area contributed by atoms with E-state index < -0.39 is 0 Å². The fourth-order valence-corrected chi connectivity index (χ4v) is 2.61. The first-order valence-corrected chi connectivity index (χ1v) is 9.57. The number of thioether (sulfide) groups is 1. The summed E-state index contributed by atoms with van der Waals surface area (Å²) in [5.41, 5.74) is 0. The lowest BCUT2D eigenvalue weighted by Gasteiger charge is -2.13. The Bertz CT molecular complexity index is 544. The van der Waals surface area contributed by atoms with Gasteiger partial charge in [-0.1, -0.05) is 11.6 Å². The molecule has 0 unspecified atom stereocenters. The summed E-state index contributed by atoms with van der Waals surface area (Å²) >= 11 is 7.61. The highest BCUT2D eigenvalue weighted by Crippen LogP contribution is 2.19. The molecule has 0 bridgehead atoms. The maximum atomic E-state index is 11.7. The van der Waals surface area contributed by atoms with Crippen LogP contribution >= 0.6 is 47.3 Å². The zero-order valence-corrected chi connectivity index (χ0v) is 19.4. The molecule has 0 radical (unpaired) electrons. The molecule has 6 nitrogen and oxygen atoms in total. The van der Waals surface area contributed by atoms with Gasteiger partial charge in [0.2, 0.25) is 5.91 Å². The Labute approximate surface area is 182 Å². The molecule has 1 amide bonds. The molecule has 26 heavy (non-hydrogen) atoms. The molecule has 9 heteroatoms. The van der Waals surface area contributed by atoms with Crippen molar-refractivity contribution in [3.63, 3.8) is 0 Å². The zero-order chi connectivity index (χ0) is 18.5. The van der Waals surface area contributed by atoms with Crippen molar-refractivity contribution in [3.8, 4) is 0 Å². The third-order valence-electron chi connectivity index (χ3n) is 3.09. The topological polar surface area (TPSA) is 66.0 Å². The van der Waals surface area contributed by atoms with Crippen molar-refractivity contribution >= 4 is 59.2 Å². The van der Waals surface area contributed by atoms with Gasteiger partial charge in [-0.25, -0.2) is 4.99 Å². The summed E-state index contributed by atoms with van der Waals surface area (Å²) in [5, 5.41) is 7.15. The van der Waals surface area contributed by atoms with E-state index in [1.165, 1.54) is 4.90 Å². The second-order valence-electron chi connectivity index (χ2n) is 5.31.